The van der Waals surface area contributed by atoms with E-state index in [1.54, 1.807) is 0 Å². The number of nitrogens with zero attached hydrogens (tertiary/aromatic N) is 4. The first kappa shape index (κ1) is 20.5. The van der Waals surface area contributed by atoms with Crippen molar-refractivity contribution in [1.29, 1.82) is 0 Å². The lowest BCUT2D eigenvalue weighted by atomic mass is 9.99. The van der Waals surface area contributed by atoms with Gasteiger partial charge >= 0.3 is 6.61 Å². The zero-order valence-corrected chi connectivity index (χ0v) is 17.3. The highest BCUT2D eigenvalue weighted by Crippen LogP contribution is 2.64. The fourth-order valence-electron chi connectivity index (χ4n) is 5.35. The molecule has 0 aromatic carbocycles. The van der Waals surface area contributed by atoms with Crippen molar-refractivity contribution in [2.24, 2.45) is 11.8 Å². The van der Waals surface area contributed by atoms with Crippen molar-refractivity contribution < 1.29 is 22.3 Å². The third kappa shape index (κ3) is 3.64. The molecule has 3 aliphatic rings. The van der Waals surface area contributed by atoms with Crippen LogP contribution in [0.3, 0.4) is 0 Å². The second-order valence-corrected chi connectivity index (χ2v) is 9.22. The smallest absolute Gasteiger partial charge is 0.387 e. The van der Waals surface area contributed by atoms with E-state index in [0.717, 1.165) is 18.5 Å². The molecule has 168 valence electrons. The molecular weight excluding hydrogens is 414 g/mol. The lowest BCUT2D eigenvalue weighted by Gasteiger charge is -2.43. The van der Waals surface area contributed by atoms with Crippen LogP contribution in [-0.2, 0) is 0 Å². The van der Waals surface area contributed by atoms with Gasteiger partial charge in [0.2, 0.25) is 0 Å². The molecule has 4 atom stereocenters. The first-order chi connectivity index (χ1) is 14.6. The Hall–Kier alpha value is -2.36. The minimum atomic E-state index is -2.99. The van der Waals surface area contributed by atoms with E-state index in [-0.39, 0.29) is 36.7 Å². The number of hydrogen-bond donors (Lipinski definition) is 1. The maximum Gasteiger partial charge on any atom is 0.387 e. The highest BCUT2D eigenvalue weighted by molar-refractivity contribution is 5.64. The van der Waals surface area contributed by atoms with Crippen molar-refractivity contribution in [1.82, 2.24) is 19.7 Å². The lowest BCUT2D eigenvalue weighted by Crippen LogP contribution is -2.59. The van der Waals surface area contributed by atoms with Gasteiger partial charge in [-0.25, -0.2) is 13.8 Å². The van der Waals surface area contributed by atoms with Crippen molar-refractivity contribution in [3.8, 4) is 17.0 Å². The second kappa shape index (κ2) is 7.08. The van der Waals surface area contributed by atoms with Crippen LogP contribution >= 0.6 is 0 Å². The van der Waals surface area contributed by atoms with Gasteiger partial charge in [-0.1, -0.05) is 0 Å². The van der Waals surface area contributed by atoms with Gasteiger partial charge in [-0.3, -0.25) is 9.58 Å². The molecule has 0 unspecified atom stereocenters. The number of ether oxygens (including phenoxy) is 1. The van der Waals surface area contributed by atoms with Crippen LogP contribution in [0.2, 0.25) is 0 Å². The average Bonchev–Trinajstić information content (AvgIpc) is 3.04. The maximum atomic E-state index is 13.2. The molecule has 0 spiro atoms. The number of hydrogen-bond acceptors (Lipinski definition) is 5. The second-order valence-electron chi connectivity index (χ2n) is 9.22. The molecule has 0 amide bonds. The van der Waals surface area contributed by atoms with E-state index in [1.165, 1.54) is 12.3 Å². The highest BCUT2D eigenvalue weighted by atomic mass is 19.3. The number of likely N-dealkylation sites (tertiary alicyclic amines) is 1. The summed E-state index contributed by atoms with van der Waals surface area (Å²) in [6.07, 6.45) is 3.36. The molecule has 2 aliphatic carbocycles. The number of nitrogens with two attached hydrogens (primary N) is 1. The Labute approximate surface area is 177 Å². The topological polar surface area (TPSA) is 69.2 Å². The van der Waals surface area contributed by atoms with Crippen LogP contribution in [0.1, 0.15) is 44.3 Å². The number of alkyl halides is 4. The fourth-order valence-corrected chi connectivity index (χ4v) is 5.35. The molecule has 5 rings (SSSR count). The number of rotatable bonds is 6. The Kier molecular flexibility index (Phi) is 4.69. The van der Waals surface area contributed by atoms with E-state index < -0.39 is 12.5 Å². The third-order valence-corrected chi connectivity index (χ3v) is 6.79. The number of nitrogen functional groups attached to an aromatic ring is 1. The van der Waals surface area contributed by atoms with E-state index in [9.17, 15) is 17.6 Å². The summed E-state index contributed by atoms with van der Waals surface area (Å²) in [7, 11) is 0. The zero-order chi connectivity index (χ0) is 22.1. The standard InChI is InChI=1S/C21H25F4N5O/c1-10(2)30-16(18-13-4-12(5-14(13)18)29-8-21(24,25)9-29)6-15(28-30)11-3-17(31-20(22)23)19(26)27-7-11/h3,6-7,10,12-14,18,20H,4-5,8-9H2,1-2H3,(H2,26,27)/t12-,13-,14+,18+. The van der Waals surface area contributed by atoms with Gasteiger partial charge in [-0.05, 0) is 50.7 Å². The number of fused-ring (bicyclic) bond motifs is 1. The first-order valence-corrected chi connectivity index (χ1v) is 10.5. The van der Waals surface area contributed by atoms with Gasteiger partial charge in [-0.15, -0.1) is 0 Å². The quantitative estimate of drug-likeness (QED) is 0.685. The third-order valence-electron chi connectivity index (χ3n) is 6.79. The van der Waals surface area contributed by atoms with E-state index in [2.05, 4.69) is 9.72 Å². The summed E-state index contributed by atoms with van der Waals surface area (Å²) in [6.45, 7) is 0.839. The molecule has 1 saturated heterocycles. The molecule has 31 heavy (non-hydrogen) atoms. The summed E-state index contributed by atoms with van der Waals surface area (Å²) in [4.78, 5) is 5.87. The van der Waals surface area contributed by atoms with E-state index in [1.807, 2.05) is 29.5 Å². The van der Waals surface area contributed by atoms with Crippen molar-refractivity contribution in [3.63, 3.8) is 0 Å². The Morgan fingerprint density at radius 2 is 1.84 bits per heavy atom. The Morgan fingerprint density at radius 3 is 2.42 bits per heavy atom. The summed E-state index contributed by atoms with van der Waals surface area (Å²) < 4.78 is 58.1. The summed E-state index contributed by atoms with van der Waals surface area (Å²) in [6, 6.07) is 3.78. The van der Waals surface area contributed by atoms with Gasteiger partial charge in [0, 0.05) is 35.5 Å². The van der Waals surface area contributed by atoms with E-state index >= 15 is 0 Å². The van der Waals surface area contributed by atoms with Crippen LogP contribution in [0.4, 0.5) is 23.4 Å². The molecule has 3 fully saturated rings. The summed E-state index contributed by atoms with van der Waals surface area (Å²) in [5.41, 5.74) is 7.92. The first-order valence-electron chi connectivity index (χ1n) is 10.5. The number of anilines is 1. The van der Waals surface area contributed by atoms with Crippen molar-refractivity contribution >= 4 is 5.82 Å². The molecule has 0 bridgehead atoms. The van der Waals surface area contributed by atoms with E-state index in [4.69, 9.17) is 10.8 Å². The van der Waals surface area contributed by atoms with Gasteiger partial charge < -0.3 is 10.5 Å². The van der Waals surface area contributed by atoms with Gasteiger partial charge in [0.05, 0.1) is 18.8 Å². The van der Waals surface area contributed by atoms with Crippen LogP contribution in [0.25, 0.3) is 11.3 Å². The predicted octanol–water partition coefficient (Wildman–Crippen LogP) is 4.15. The normalized spacial score (nSPS) is 29.3. The minimum Gasteiger partial charge on any atom is -0.431 e. The predicted molar refractivity (Wildman–Crippen MR) is 106 cm³/mol. The summed E-state index contributed by atoms with van der Waals surface area (Å²) in [5.74, 6) is -1.51. The molecular formula is C21H25F4N5O. The maximum absolute atomic E-state index is 13.2. The molecule has 10 heteroatoms. The lowest BCUT2D eigenvalue weighted by molar-refractivity contribution is -0.146. The van der Waals surface area contributed by atoms with Gasteiger partial charge in [0.1, 0.15) is 0 Å². The minimum absolute atomic E-state index is 0.105. The van der Waals surface area contributed by atoms with Crippen LogP contribution < -0.4 is 10.5 Å². The number of aromatic nitrogens is 3. The zero-order valence-electron chi connectivity index (χ0n) is 17.3. The summed E-state index contributed by atoms with van der Waals surface area (Å²) >= 11 is 0. The Morgan fingerprint density at radius 1 is 1.16 bits per heavy atom. The monoisotopic (exact) mass is 439 g/mol. The largest absolute Gasteiger partial charge is 0.431 e. The molecule has 2 aromatic rings. The molecule has 6 nitrogen and oxygen atoms in total. The van der Waals surface area contributed by atoms with Gasteiger partial charge in [0.15, 0.2) is 11.6 Å². The number of halogens is 4. The van der Waals surface area contributed by atoms with E-state index in [0.29, 0.717) is 29.0 Å². The highest BCUT2D eigenvalue weighted by Gasteiger charge is 2.61. The molecule has 1 aliphatic heterocycles. The average molecular weight is 439 g/mol. The van der Waals surface area contributed by atoms with Crippen LogP contribution in [0.5, 0.6) is 5.75 Å². The van der Waals surface area contributed by atoms with Crippen molar-refractivity contribution in [3.05, 3.63) is 24.0 Å². The van der Waals surface area contributed by atoms with Gasteiger partial charge in [-0.2, -0.15) is 13.9 Å². The SMILES string of the molecule is CC(C)n1nc(-c2cnc(N)c(OC(F)F)c2)cc1[C@H]1[C@@H]2C[C@@H](N3CC(F)(F)C3)C[C@@H]21. The van der Waals surface area contributed by atoms with Crippen LogP contribution in [0.15, 0.2) is 18.3 Å². The van der Waals surface area contributed by atoms with Crippen LogP contribution in [-0.4, -0.2) is 51.3 Å². The Bertz CT molecular complexity index is 974. The van der Waals surface area contributed by atoms with Crippen LogP contribution in [0, 0.1) is 11.8 Å². The van der Waals surface area contributed by atoms with Crippen molar-refractivity contribution in [2.75, 3.05) is 18.8 Å². The molecule has 2 saturated carbocycles. The van der Waals surface area contributed by atoms with Crippen molar-refractivity contribution in [2.45, 2.75) is 57.2 Å². The molecule has 3 heterocycles. The van der Waals surface area contributed by atoms with Gasteiger partial charge in [0.25, 0.3) is 5.92 Å². The Balaban J connectivity index is 1.35. The number of pyridine rings is 1. The summed E-state index contributed by atoms with van der Waals surface area (Å²) in [5, 5.41) is 4.70. The molecule has 2 aromatic heterocycles. The fraction of sp³-hybridized carbons (Fsp3) is 0.619. The molecule has 0 radical (unpaired) electrons. The molecule has 2 N–H and O–H groups in total.